The molecule has 1 atom stereocenters. The van der Waals surface area contributed by atoms with Crippen LogP contribution in [0.2, 0.25) is 0 Å². The van der Waals surface area contributed by atoms with Gasteiger partial charge in [0.1, 0.15) is 11.9 Å². The van der Waals surface area contributed by atoms with Gasteiger partial charge >= 0.3 is 5.97 Å². The molecular formula is C20H17NO6. The maximum Gasteiger partial charge on any atom is 0.337 e. The van der Waals surface area contributed by atoms with Crippen LogP contribution in [0.1, 0.15) is 32.7 Å². The van der Waals surface area contributed by atoms with Crippen LogP contribution in [0.4, 0.5) is 0 Å². The lowest BCUT2D eigenvalue weighted by Gasteiger charge is -2.16. The summed E-state index contributed by atoms with van der Waals surface area (Å²) >= 11 is 0. The van der Waals surface area contributed by atoms with Crippen LogP contribution in [0, 0.1) is 0 Å². The molecular weight excluding hydrogens is 350 g/mol. The van der Waals surface area contributed by atoms with E-state index < -0.39 is 17.8 Å². The third-order valence-electron chi connectivity index (χ3n) is 4.44. The fourth-order valence-corrected chi connectivity index (χ4v) is 3.09. The molecule has 2 aromatic carbocycles. The molecule has 0 aromatic heterocycles. The number of nitrogens with zero attached hydrogens (tertiary/aromatic N) is 1. The Labute approximate surface area is 155 Å². The Morgan fingerprint density at radius 2 is 1.70 bits per heavy atom. The average molecular weight is 367 g/mol. The van der Waals surface area contributed by atoms with Crippen LogP contribution >= 0.6 is 0 Å². The molecule has 0 radical (unpaired) electrons. The molecule has 0 N–H and O–H groups in total. The molecule has 2 aromatic rings. The Bertz CT molecular complexity index is 868. The normalized spacial score (nSPS) is 18.5. The van der Waals surface area contributed by atoms with Crippen molar-refractivity contribution in [2.24, 2.45) is 0 Å². The number of hydrogen-bond acceptors (Lipinski definition) is 6. The second-order valence-electron chi connectivity index (χ2n) is 6.30. The first-order chi connectivity index (χ1) is 13.1. The number of para-hydroxylation sites is 1. The Balaban J connectivity index is 1.45. The van der Waals surface area contributed by atoms with Gasteiger partial charge in [-0.25, -0.2) is 4.79 Å². The SMILES string of the molecule is O=C(Cc1ccccc1OC1CCOC1)ON1C(=O)c2ccccc2C1=O. The van der Waals surface area contributed by atoms with Crippen molar-refractivity contribution in [2.45, 2.75) is 18.9 Å². The summed E-state index contributed by atoms with van der Waals surface area (Å²) in [6, 6.07) is 13.4. The van der Waals surface area contributed by atoms with E-state index in [9.17, 15) is 14.4 Å². The maximum atomic E-state index is 12.4. The van der Waals surface area contributed by atoms with Gasteiger partial charge in [-0.2, -0.15) is 0 Å². The van der Waals surface area contributed by atoms with E-state index in [-0.39, 0.29) is 23.7 Å². The van der Waals surface area contributed by atoms with Crippen molar-refractivity contribution in [1.82, 2.24) is 5.06 Å². The number of benzene rings is 2. The predicted octanol–water partition coefficient (Wildman–Crippen LogP) is 2.15. The molecule has 0 spiro atoms. The number of carbonyl (C=O) groups excluding carboxylic acids is 3. The summed E-state index contributed by atoms with van der Waals surface area (Å²) in [7, 11) is 0. The lowest BCUT2D eigenvalue weighted by atomic mass is 10.1. The highest BCUT2D eigenvalue weighted by molar-refractivity contribution is 6.20. The largest absolute Gasteiger partial charge is 0.488 e. The molecule has 1 fully saturated rings. The summed E-state index contributed by atoms with van der Waals surface area (Å²) in [5.74, 6) is -1.44. The van der Waals surface area contributed by atoms with Gasteiger partial charge in [0.25, 0.3) is 11.8 Å². The summed E-state index contributed by atoms with van der Waals surface area (Å²) in [5, 5.41) is 0.515. The fourth-order valence-electron chi connectivity index (χ4n) is 3.09. The van der Waals surface area contributed by atoms with E-state index in [4.69, 9.17) is 14.3 Å². The first-order valence-corrected chi connectivity index (χ1v) is 8.64. The number of hydrogen-bond donors (Lipinski definition) is 0. The average Bonchev–Trinajstić information content (AvgIpc) is 3.27. The van der Waals surface area contributed by atoms with Crippen LogP contribution in [-0.4, -0.2) is 42.2 Å². The van der Waals surface area contributed by atoms with Crippen LogP contribution in [0.5, 0.6) is 5.75 Å². The molecule has 2 aliphatic rings. The third-order valence-corrected chi connectivity index (χ3v) is 4.44. The number of ether oxygens (including phenoxy) is 2. The summed E-state index contributed by atoms with van der Waals surface area (Å²) in [5.41, 5.74) is 1.06. The van der Waals surface area contributed by atoms with E-state index in [0.717, 1.165) is 6.42 Å². The van der Waals surface area contributed by atoms with Crippen LogP contribution < -0.4 is 4.74 Å². The number of hydroxylamine groups is 2. The third kappa shape index (κ3) is 3.41. The number of rotatable bonds is 5. The van der Waals surface area contributed by atoms with E-state index in [2.05, 4.69) is 0 Å². The number of carbonyl (C=O) groups is 3. The standard InChI is InChI=1S/C20H17NO6/c22-18(27-21-19(23)15-6-2-3-7-16(15)20(21)24)11-13-5-1-4-8-17(13)26-14-9-10-25-12-14/h1-8,14H,9-12H2. The molecule has 7 heteroatoms. The molecule has 4 rings (SSSR count). The van der Waals surface area contributed by atoms with Gasteiger partial charge in [-0.05, 0) is 18.2 Å². The van der Waals surface area contributed by atoms with Gasteiger partial charge in [0.05, 0.1) is 30.8 Å². The summed E-state index contributed by atoms with van der Waals surface area (Å²) in [4.78, 5) is 42.0. The lowest BCUT2D eigenvalue weighted by molar-refractivity contribution is -0.167. The van der Waals surface area contributed by atoms with E-state index >= 15 is 0 Å². The Morgan fingerprint density at radius 1 is 1.04 bits per heavy atom. The van der Waals surface area contributed by atoms with Crippen LogP contribution in [0.3, 0.4) is 0 Å². The van der Waals surface area contributed by atoms with Crippen molar-refractivity contribution in [1.29, 1.82) is 0 Å². The zero-order chi connectivity index (χ0) is 18.8. The highest BCUT2D eigenvalue weighted by atomic mass is 16.7. The predicted molar refractivity (Wildman–Crippen MR) is 93.0 cm³/mol. The minimum Gasteiger partial charge on any atom is -0.488 e. The molecule has 27 heavy (non-hydrogen) atoms. The molecule has 0 saturated carbocycles. The number of imide groups is 1. The van der Waals surface area contributed by atoms with Gasteiger partial charge in [-0.15, -0.1) is 0 Å². The Kier molecular flexibility index (Phi) is 4.60. The second-order valence-corrected chi connectivity index (χ2v) is 6.30. The van der Waals surface area contributed by atoms with Crippen molar-refractivity contribution < 1.29 is 28.7 Å². The van der Waals surface area contributed by atoms with Crippen molar-refractivity contribution in [3.05, 3.63) is 65.2 Å². The fraction of sp³-hybridized carbons (Fsp3) is 0.250. The second kappa shape index (κ2) is 7.20. The monoisotopic (exact) mass is 367 g/mol. The quantitative estimate of drug-likeness (QED) is 0.753. The highest BCUT2D eigenvalue weighted by Gasteiger charge is 2.38. The van der Waals surface area contributed by atoms with E-state index in [1.165, 1.54) is 12.1 Å². The van der Waals surface area contributed by atoms with Gasteiger partial charge in [0.2, 0.25) is 0 Å². The first kappa shape index (κ1) is 17.2. The van der Waals surface area contributed by atoms with E-state index in [1.807, 2.05) is 6.07 Å². The molecule has 0 aliphatic carbocycles. The molecule has 2 aliphatic heterocycles. The Morgan fingerprint density at radius 3 is 2.37 bits per heavy atom. The summed E-state index contributed by atoms with van der Waals surface area (Å²) < 4.78 is 11.2. The molecule has 0 bridgehead atoms. The first-order valence-electron chi connectivity index (χ1n) is 8.64. The zero-order valence-corrected chi connectivity index (χ0v) is 14.4. The van der Waals surface area contributed by atoms with Crippen LogP contribution in [0.15, 0.2) is 48.5 Å². The van der Waals surface area contributed by atoms with Crippen molar-refractivity contribution in [2.75, 3.05) is 13.2 Å². The molecule has 1 saturated heterocycles. The highest BCUT2D eigenvalue weighted by Crippen LogP contribution is 2.25. The summed E-state index contributed by atoms with van der Waals surface area (Å²) in [6.07, 6.45) is 0.601. The van der Waals surface area contributed by atoms with Crippen molar-refractivity contribution in [3.8, 4) is 5.75 Å². The van der Waals surface area contributed by atoms with Crippen LogP contribution in [0.25, 0.3) is 0 Å². The van der Waals surface area contributed by atoms with E-state index in [0.29, 0.717) is 29.6 Å². The van der Waals surface area contributed by atoms with Gasteiger partial charge in [-0.3, -0.25) is 9.59 Å². The minimum absolute atomic E-state index is 0.0570. The molecule has 2 heterocycles. The molecule has 1 unspecified atom stereocenters. The minimum atomic E-state index is -0.719. The zero-order valence-electron chi connectivity index (χ0n) is 14.4. The topological polar surface area (TPSA) is 82.1 Å². The maximum absolute atomic E-state index is 12.4. The summed E-state index contributed by atoms with van der Waals surface area (Å²) in [6.45, 7) is 1.16. The molecule has 2 amide bonds. The van der Waals surface area contributed by atoms with Gasteiger partial charge in [-0.1, -0.05) is 35.4 Å². The van der Waals surface area contributed by atoms with Gasteiger partial charge in [0.15, 0.2) is 0 Å². The lowest BCUT2D eigenvalue weighted by Crippen LogP contribution is -2.33. The molecule has 7 nitrogen and oxygen atoms in total. The van der Waals surface area contributed by atoms with E-state index in [1.54, 1.807) is 30.3 Å². The van der Waals surface area contributed by atoms with Crippen LogP contribution in [-0.2, 0) is 20.8 Å². The molecule has 138 valence electrons. The van der Waals surface area contributed by atoms with Gasteiger partial charge in [0, 0.05) is 12.0 Å². The number of fused-ring (bicyclic) bond motifs is 1. The smallest absolute Gasteiger partial charge is 0.337 e. The Hall–Kier alpha value is -3.19. The van der Waals surface area contributed by atoms with Crippen molar-refractivity contribution >= 4 is 17.8 Å². The number of amides is 2. The van der Waals surface area contributed by atoms with Crippen molar-refractivity contribution in [3.63, 3.8) is 0 Å². The van der Waals surface area contributed by atoms with Gasteiger partial charge < -0.3 is 14.3 Å².